The molecule has 2 aromatic carbocycles. The number of rotatable bonds is 11. The summed E-state index contributed by atoms with van der Waals surface area (Å²) in [5.74, 6) is -1.34. The van der Waals surface area contributed by atoms with Gasteiger partial charge in [0.05, 0.1) is 15.9 Å². The zero-order chi connectivity index (χ0) is 24.5. The summed E-state index contributed by atoms with van der Waals surface area (Å²) < 4.78 is 15.6. The van der Waals surface area contributed by atoms with E-state index < -0.39 is 45.6 Å². The van der Waals surface area contributed by atoms with Crippen LogP contribution in [0.1, 0.15) is 6.92 Å². The van der Waals surface area contributed by atoms with Gasteiger partial charge in [0.1, 0.15) is 11.4 Å². The van der Waals surface area contributed by atoms with E-state index in [0.29, 0.717) is 11.4 Å². The van der Waals surface area contributed by atoms with Gasteiger partial charge >= 0.3 is 11.9 Å². The maximum atomic E-state index is 11.5. The van der Waals surface area contributed by atoms with Gasteiger partial charge in [-0.15, -0.1) is 0 Å². The molecule has 0 bridgehead atoms. The number of carbonyl (C=O) groups is 2. The number of benzene rings is 2. The van der Waals surface area contributed by atoms with Crippen molar-refractivity contribution in [3.8, 4) is 5.75 Å². The molecule has 0 saturated heterocycles. The summed E-state index contributed by atoms with van der Waals surface area (Å²) in [5.41, 5.74) is -0.386. The first-order chi connectivity index (χ1) is 15.6. The predicted octanol–water partition coefficient (Wildman–Crippen LogP) is 3.80. The average Bonchev–Trinajstić information content (AvgIpc) is 2.79. The monoisotopic (exact) mass is 457 g/mol. The number of esters is 2. The summed E-state index contributed by atoms with van der Waals surface area (Å²) in [7, 11) is 0. The summed E-state index contributed by atoms with van der Waals surface area (Å²) in [6.45, 7) is 8.05. The topological polar surface area (TPSA) is 160 Å². The van der Waals surface area contributed by atoms with Crippen LogP contribution in [0.15, 0.2) is 67.8 Å². The quantitative estimate of drug-likeness (QED) is 0.173. The molecule has 12 heteroatoms. The fourth-order valence-corrected chi connectivity index (χ4v) is 2.47. The smallest absolute Gasteiger partial charge is 0.333 e. The summed E-state index contributed by atoms with van der Waals surface area (Å²) in [6, 6.07) is 9.33. The van der Waals surface area contributed by atoms with Gasteiger partial charge in [0.2, 0.25) is 0 Å². The molecule has 0 fully saturated rings. The highest BCUT2D eigenvalue weighted by Gasteiger charge is 2.26. The van der Waals surface area contributed by atoms with Gasteiger partial charge in [-0.05, 0) is 37.3 Å². The van der Waals surface area contributed by atoms with Crippen LogP contribution < -0.4 is 10.1 Å². The maximum absolute atomic E-state index is 11.5. The third-order valence-corrected chi connectivity index (χ3v) is 4.03. The van der Waals surface area contributed by atoms with Crippen molar-refractivity contribution in [3.63, 3.8) is 0 Å². The molecule has 0 heterocycles. The molecule has 0 aliphatic rings. The van der Waals surface area contributed by atoms with E-state index in [1.54, 1.807) is 0 Å². The van der Waals surface area contributed by atoms with Crippen LogP contribution >= 0.6 is 0 Å². The Morgan fingerprint density at radius 1 is 0.970 bits per heavy atom. The van der Waals surface area contributed by atoms with Gasteiger partial charge < -0.3 is 19.5 Å². The van der Waals surface area contributed by atoms with Gasteiger partial charge in [-0.2, -0.15) is 0 Å². The number of nitro benzene ring substituents is 2. The molecular formula is C21H19N3O9. The molecule has 172 valence electrons. The molecule has 0 aliphatic heterocycles. The number of nitrogens with zero attached hydrogens (tertiary/aromatic N) is 2. The van der Waals surface area contributed by atoms with Crippen LogP contribution in [0.2, 0.25) is 0 Å². The lowest BCUT2D eigenvalue weighted by Gasteiger charge is -2.23. The Bertz CT molecular complexity index is 1060. The summed E-state index contributed by atoms with van der Waals surface area (Å²) in [6.07, 6.45) is -0.479. The molecule has 0 saturated carbocycles. The summed E-state index contributed by atoms with van der Waals surface area (Å²) >= 11 is 0. The van der Waals surface area contributed by atoms with E-state index in [-0.39, 0.29) is 5.69 Å². The van der Waals surface area contributed by atoms with Crippen molar-refractivity contribution >= 4 is 34.7 Å². The third kappa shape index (κ3) is 6.89. The Morgan fingerprint density at radius 3 is 2.03 bits per heavy atom. The van der Waals surface area contributed by atoms with Crippen LogP contribution in [0.25, 0.3) is 0 Å². The van der Waals surface area contributed by atoms with Gasteiger partial charge in [-0.3, -0.25) is 20.2 Å². The highest BCUT2D eigenvalue weighted by molar-refractivity contribution is 5.83. The molecule has 1 N–H and O–H groups in total. The van der Waals surface area contributed by atoms with Crippen molar-refractivity contribution in [1.29, 1.82) is 0 Å². The van der Waals surface area contributed by atoms with Crippen molar-refractivity contribution < 1.29 is 33.6 Å². The minimum Gasteiger partial charge on any atom is -0.483 e. The molecule has 12 nitrogen and oxygen atoms in total. The fraction of sp³-hybridized carbons (Fsp3) is 0.143. The largest absolute Gasteiger partial charge is 0.483 e. The predicted molar refractivity (Wildman–Crippen MR) is 116 cm³/mol. The van der Waals surface area contributed by atoms with E-state index in [4.69, 9.17) is 14.2 Å². The Balaban J connectivity index is 2.14. The van der Waals surface area contributed by atoms with E-state index in [0.717, 1.165) is 24.3 Å². The Labute approximate surface area is 187 Å². The Kier molecular flexibility index (Phi) is 8.21. The first kappa shape index (κ1) is 24.5. The molecule has 0 aromatic heterocycles. The van der Waals surface area contributed by atoms with Crippen molar-refractivity contribution in [3.05, 3.63) is 88.0 Å². The van der Waals surface area contributed by atoms with Crippen molar-refractivity contribution in [2.75, 3.05) is 5.32 Å². The number of hydrogen-bond donors (Lipinski definition) is 1. The van der Waals surface area contributed by atoms with Crippen LogP contribution in [0.3, 0.4) is 0 Å². The maximum Gasteiger partial charge on any atom is 0.333 e. The number of hydrogen-bond acceptors (Lipinski definition) is 10. The molecule has 1 unspecified atom stereocenters. The van der Waals surface area contributed by atoms with Gasteiger partial charge in [0.15, 0.2) is 6.10 Å². The third-order valence-electron chi connectivity index (χ3n) is 4.03. The van der Waals surface area contributed by atoms with Gasteiger partial charge in [0, 0.05) is 23.9 Å². The van der Waals surface area contributed by atoms with Gasteiger partial charge in [-0.25, -0.2) is 9.59 Å². The molecule has 1 atom stereocenters. The van der Waals surface area contributed by atoms with Crippen LogP contribution in [0.4, 0.5) is 22.7 Å². The molecule has 0 aliphatic carbocycles. The molecule has 2 aromatic rings. The number of non-ortho nitro benzene ring substituents is 1. The van der Waals surface area contributed by atoms with E-state index >= 15 is 0 Å². The highest BCUT2D eigenvalue weighted by atomic mass is 16.7. The first-order valence-corrected chi connectivity index (χ1v) is 9.27. The van der Waals surface area contributed by atoms with Crippen molar-refractivity contribution in [2.24, 2.45) is 0 Å². The minimum absolute atomic E-state index is 0.0559. The number of anilines is 2. The fourth-order valence-electron chi connectivity index (χ4n) is 2.47. The van der Waals surface area contributed by atoms with Gasteiger partial charge in [0.25, 0.3) is 17.7 Å². The highest BCUT2D eigenvalue weighted by Crippen LogP contribution is 2.32. The SMILES string of the molecule is C=CC(=O)OC(OC(=O)C=C)C(C)Oc1ccc(Nc2ccc([N+](=O)[O-])cc2[N+](=O)[O-])cc1. The summed E-state index contributed by atoms with van der Waals surface area (Å²) in [5, 5.41) is 24.9. The van der Waals surface area contributed by atoms with Gasteiger partial charge in [-0.1, -0.05) is 13.2 Å². The minimum atomic E-state index is -1.37. The van der Waals surface area contributed by atoms with Crippen molar-refractivity contribution in [1.82, 2.24) is 0 Å². The number of ether oxygens (including phenoxy) is 3. The first-order valence-electron chi connectivity index (χ1n) is 9.27. The Hall–Kier alpha value is -4.74. The number of nitro groups is 2. The lowest BCUT2D eigenvalue weighted by Crippen LogP contribution is -2.36. The lowest BCUT2D eigenvalue weighted by atomic mass is 10.2. The van der Waals surface area contributed by atoms with Crippen LogP contribution in [0, 0.1) is 20.2 Å². The molecule has 33 heavy (non-hydrogen) atoms. The molecular weight excluding hydrogens is 438 g/mol. The average molecular weight is 457 g/mol. The molecule has 2 rings (SSSR count). The van der Waals surface area contributed by atoms with E-state index in [9.17, 15) is 29.8 Å². The molecule has 0 amide bonds. The standard InChI is InChI=1S/C21H19N3O9/c1-4-19(25)32-21(33-20(26)5-2)13(3)31-16-9-6-14(7-10-16)22-17-11-8-15(23(27)28)12-18(17)24(29)30/h4-13,21-22H,1-2H2,3H3. The molecule has 0 radical (unpaired) electrons. The Morgan fingerprint density at radius 2 is 1.55 bits per heavy atom. The van der Waals surface area contributed by atoms with Crippen LogP contribution in [-0.4, -0.2) is 34.2 Å². The van der Waals surface area contributed by atoms with Crippen LogP contribution in [-0.2, 0) is 19.1 Å². The van der Waals surface area contributed by atoms with E-state index in [1.165, 1.54) is 37.3 Å². The van der Waals surface area contributed by atoms with E-state index in [1.807, 2.05) is 0 Å². The second-order valence-corrected chi connectivity index (χ2v) is 6.34. The lowest BCUT2D eigenvalue weighted by molar-refractivity contribution is -0.393. The van der Waals surface area contributed by atoms with Crippen molar-refractivity contribution in [2.45, 2.75) is 19.3 Å². The second-order valence-electron chi connectivity index (χ2n) is 6.34. The zero-order valence-electron chi connectivity index (χ0n) is 17.3. The summed E-state index contributed by atoms with van der Waals surface area (Å²) in [4.78, 5) is 43.6. The molecule has 0 spiro atoms. The normalized spacial score (nSPS) is 11.1. The van der Waals surface area contributed by atoms with Crippen LogP contribution in [0.5, 0.6) is 5.75 Å². The number of nitrogens with one attached hydrogen (secondary N) is 1. The number of carbonyl (C=O) groups excluding carboxylic acids is 2. The second kappa shape index (κ2) is 11.0. The zero-order valence-corrected chi connectivity index (χ0v) is 17.3. The van der Waals surface area contributed by atoms with E-state index in [2.05, 4.69) is 18.5 Å².